The Morgan fingerprint density at radius 3 is 2.91 bits per heavy atom. The molecule has 1 radical (unpaired) electrons. The molecule has 0 saturated heterocycles. The van der Waals surface area contributed by atoms with E-state index in [4.69, 9.17) is 0 Å². The first-order valence-electron chi connectivity index (χ1n) is 3.67. The first kappa shape index (κ1) is 7.99. The zero-order valence-corrected chi connectivity index (χ0v) is 6.58. The highest BCUT2D eigenvalue weighted by Crippen LogP contribution is 2.27. The topological polar surface area (TPSA) is 17.1 Å². The van der Waals surface area contributed by atoms with Crippen molar-refractivity contribution in [1.29, 1.82) is 0 Å². The third-order valence-corrected chi connectivity index (χ3v) is 1.81. The molecule has 57 valence electrons. The predicted molar refractivity (Wildman–Crippen MR) is 45.8 cm³/mol. The van der Waals surface area contributed by atoms with E-state index < -0.39 is 0 Å². The lowest BCUT2D eigenvalue weighted by atomic mass is 9.83. The summed E-state index contributed by atoms with van der Waals surface area (Å²) in [6.07, 6.45) is 14.2. The first-order valence-corrected chi connectivity index (χ1v) is 3.67. The number of hydrogen-bond acceptors (Lipinski definition) is 1. The fourth-order valence-electron chi connectivity index (χ4n) is 1.09. The summed E-state index contributed by atoms with van der Waals surface area (Å²) in [5, 5.41) is 0. The molecule has 0 aliphatic heterocycles. The molecule has 0 heterocycles. The Labute approximate surface area is 67.1 Å². The third kappa shape index (κ3) is 2.19. The smallest absolute Gasteiger partial charge is 0.225 e. The van der Waals surface area contributed by atoms with Crippen LogP contribution in [0.1, 0.15) is 13.3 Å². The van der Waals surface area contributed by atoms with E-state index in [-0.39, 0.29) is 5.41 Å². The lowest BCUT2D eigenvalue weighted by Crippen LogP contribution is -2.09. The van der Waals surface area contributed by atoms with Crippen molar-refractivity contribution in [3.05, 3.63) is 36.5 Å². The quantitative estimate of drug-likeness (QED) is 0.547. The van der Waals surface area contributed by atoms with Gasteiger partial charge in [-0.05, 0) is 12.5 Å². The van der Waals surface area contributed by atoms with Crippen molar-refractivity contribution in [3.63, 3.8) is 0 Å². The van der Waals surface area contributed by atoms with Gasteiger partial charge in [0.15, 0.2) is 0 Å². The van der Waals surface area contributed by atoms with Crippen molar-refractivity contribution in [2.45, 2.75) is 13.3 Å². The van der Waals surface area contributed by atoms with Crippen LogP contribution in [0.25, 0.3) is 0 Å². The molecule has 0 fully saturated rings. The van der Waals surface area contributed by atoms with Crippen LogP contribution < -0.4 is 0 Å². The predicted octanol–water partition coefficient (Wildman–Crippen LogP) is 2.17. The molecule has 1 aliphatic rings. The molecule has 1 rings (SSSR count). The van der Waals surface area contributed by atoms with Crippen LogP contribution >= 0.6 is 0 Å². The van der Waals surface area contributed by atoms with Gasteiger partial charge in [-0.15, -0.1) is 0 Å². The van der Waals surface area contributed by atoms with Crippen LogP contribution in [0.3, 0.4) is 0 Å². The zero-order chi connectivity index (χ0) is 8.16. The number of carbonyl (C=O) groups excluding carboxylic acids is 1. The van der Waals surface area contributed by atoms with Gasteiger partial charge in [0.1, 0.15) is 0 Å². The van der Waals surface area contributed by atoms with Gasteiger partial charge in [-0.3, -0.25) is 4.79 Å². The molecule has 1 nitrogen and oxygen atoms in total. The Morgan fingerprint density at radius 2 is 2.36 bits per heavy atom. The van der Waals surface area contributed by atoms with Crippen molar-refractivity contribution < 1.29 is 4.79 Å². The molecule has 0 bridgehead atoms. The molecule has 0 aromatic carbocycles. The molecule has 1 unspecified atom stereocenters. The lowest BCUT2D eigenvalue weighted by Gasteiger charge is -2.21. The van der Waals surface area contributed by atoms with Crippen LogP contribution in [-0.4, -0.2) is 6.29 Å². The first-order chi connectivity index (χ1) is 5.27. The maximum atomic E-state index is 9.94. The Bertz CT molecular complexity index is 223. The fourth-order valence-corrected chi connectivity index (χ4v) is 1.09. The van der Waals surface area contributed by atoms with Crippen LogP contribution in [0, 0.1) is 5.41 Å². The van der Waals surface area contributed by atoms with E-state index in [1.165, 1.54) is 6.08 Å². The van der Waals surface area contributed by atoms with Gasteiger partial charge in [0, 0.05) is 5.41 Å². The highest BCUT2D eigenvalue weighted by molar-refractivity contribution is 5.65. The normalized spacial score (nSPS) is 29.5. The number of hydrogen-bond donors (Lipinski definition) is 0. The van der Waals surface area contributed by atoms with Crippen molar-refractivity contribution in [2.75, 3.05) is 0 Å². The van der Waals surface area contributed by atoms with Gasteiger partial charge < -0.3 is 0 Å². The van der Waals surface area contributed by atoms with E-state index in [0.29, 0.717) is 0 Å². The Morgan fingerprint density at radius 1 is 1.55 bits per heavy atom. The molecule has 0 N–H and O–H groups in total. The van der Waals surface area contributed by atoms with Crippen LogP contribution in [0.4, 0.5) is 0 Å². The Hall–Kier alpha value is -1.11. The van der Waals surface area contributed by atoms with E-state index in [1.807, 2.05) is 18.2 Å². The minimum absolute atomic E-state index is 0.0200. The SMILES string of the molecule is CC1(/C=C/[C]=O)C=CC=CC1. The summed E-state index contributed by atoms with van der Waals surface area (Å²) in [6, 6.07) is 0. The van der Waals surface area contributed by atoms with Gasteiger partial charge in [0.05, 0.1) is 0 Å². The fraction of sp³-hybridized carbons (Fsp3) is 0.300. The van der Waals surface area contributed by atoms with E-state index in [1.54, 1.807) is 6.29 Å². The molecule has 0 spiro atoms. The summed E-state index contributed by atoms with van der Waals surface area (Å²) < 4.78 is 0. The largest absolute Gasteiger partial charge is 0.286 e. The molecule has 0 amide bonds. The second kappa shape index (κ2) is 3.33. The highest BCUT2D eigenvalue weighted by atomic mass is 16.1. The minimum atomic E-state index is 0.0200. The van der Waals surface area contributed by atoms with Crippen molar-refractivity contribution in [2.24, 2.45) is 5.41 Å². The molecule has 0 saturated carbocycles. The molecule has 1 atom stereocenters. The van der Waals surface area contributed by atoms with E-state index >= 15 is 0 Å². The van der Waals surface area contributed by atoms with Gasteiger partial charge in [-0.1, -0.05) is 37.3 Å². The summed E-state index contributed by atoms with van der Waals surface area (Å²) in [5.41, 5.74) is 0.0200. The van der Waals surface area contributed by atoms with Crippen LogP contribution in [0.15, 0.2) is 36.5 Å². The van der Waals surface area contributed by atoms with Gasteiger partial charge >= 0.3 is 0 Å². The van der Waals surface area contributed by atoms with Crippen LogP contribution in [-0.2, 0) is 4.79 Å². The second-order valence-corrected chi connectivity index (χ2v) is 2.95. The molecule has 0 aromatic rings. The molecular weight excluding hydrogens is 136 g/mol. The average Bonchev–Trinajstić information content (AvgIpc) is 2.03. The summed E-state index contributed by atoms with van der Waals surface area (Å²) in [5.74, 6) is 0. The molecular formula is C10H11O. The maximum Gasteiger partial charge on any atom is 0.225 e. The minimum Gasteiger partial charge on any atom is -0.286 e. The Balaban J connectivity index is 2.67. The molecule has 1 aliphatic carbocycles. The summed E-state index contributed by atoms with van der Waals surface area (Å²) in [4.78, 5) is 9.94. The van der Waals surface area contributed by atoms with Gasteiger partial charge in [0.2, 0.25) is 6.29 Å². The average molecular weight is 147 g/mol. The van der Waals surface area contributed by atoms with Crippen molar-refractivity contribution in [3.8, 4) is 0 Å². The van der Waals surface area contributed by atoms with Crippen LogP contribution in [0.2, 0.25) is 0 Å². The standard InChI is InChI=1S/C10H11O/c1-10(8-5-9-11)6-3-2-4-7-10/h2-6,8H,7H2,1H3/b8-5+. The summed E-state index contributed by atoms with van der Waals surface area (Å²) in [7, 11) is 0. The van der Waals surface area contributed by atoms with E-state index in [2.05, 4.69) is 19.1 Å². The number of allylic oxidation sites excluding steroid dienone is 6. The monoisotopic (exact) mass is 147 g/mol. The highest BCUT2D eigenvalue weighted by Gasteiger charge is 2.15. The molecule has 11 heavy (non-hydrogen) atoms. The zero-order valence-electron chi connectivity index (χ0n) is 6.58. The van der Waals surface area contributed by atoms with E-state index in [0.717, 1.165) is 6.42 Å². The van der Waals surface area contributed by atoms with Gasteiger partial charge in [0.25, 0.3) is 0 Å². The van der Waals surface area contributed by atoms with E-state index in [9.17, 15) is 4.79 Å². The number of rotatable bonds is 2. The lowest BCUT2D eigenvalue weighted by molar-refractivity contribution is 0.550. The van der Waals surface area contributed by atoms with Gasteiger partial charge in [-0.2, -0.15) is 0 Å². The molecule has 1 heteroatoms. The Kier molecular flexibility index (Phi) is 2.42. The summed E-state index contributed by atoms with van der Waals surface area (Å²) in [6.45, 7) is 2.08. The van der Waals surface area contributed by atoms with Crippen LogP contribution in [0.5, 0.6) is 0 Å². The van der Waals surface area contributed by atoms with Gasteiger partial charge in [-0.25, -0.2) is 0 Å². The maximum absolute atomic E-state index is 9.94. The second-order valence-electron chi connectivity index (χ2n) is 2.95. The summed E-state index contributed by atoms with van der Waals surface area (Å²) >= 11 is 0. The van der Waals surface area contributed by atoms with Crippen molar-refractivity contribution in [1.82, 2.24) is 0 Å². The molecule has 0 aromatic heterocycles. The van der Waals surface area contributed by atoms with Crippen molar-refractivity contribution >= 4 is 6.29 Å². The third-order valence-electron chi connectivity index (χ3n) is 1.81.